The molecule has 11 heteroatoms. The van der Waals surface area contributed by atoms with Crippen molar-refractivity contribution >= 4 is 46.0 Å². The van der Waals surface area contributed by atoms with Crippen molar-refractivity contribution in [1.82, 2.24) is 35.1 Å². The van der Waals surface area contributed by atoms with Gasteiger partial charge in [0.2, 0.25) is 0 Å². The van der Waals surface area contributed by atoms with E-state index in [2.05, 4.69) is 37.5 Å². The molecule has 1 atom stereocenters. The van der Waals surface area contributed by atoms with Crippen molar-refractivity contribution < 1.29 is 14.4 Å². The number of benzene rings is 2. The first kappa shape index (κ1) is 27.1. The number of hydrogen-bond donors (Lipinski definition) is 3. The molecule has 2 aromatic carbocycles. The number of amides is 4. The molecule has 1 unspecified atom stereocenters. The zero-order valence-corrected chi connectivity index (χ0v) is 23.4. The number of hydrogen-bond acceptors (Lipinski definition) is 5. The quantitative estimate of drug-likeness (QED) is 0.153. The van der Waals surface area contributed by atoms with Gasteiger partial charge in [0.15, 0.2) is 5.65 Å². The van der Waals surface area contributed by atoms with Gasteiger partial charge in [-0.2, -0.15) is 5.10 Å². The fraction of sp³-hybridized carbons (Fsp3) is 0.194. The number of aromatic amines is 1. The first-order valence-electron chi connectivity index (χ1n) is 13.4. The Balaban J connectivity index is 1.03. The van der Waals surface area contributed by atoms with Crippen molar-refractivity contribution in [3.63, 3.8) is 0 Å². The van der Waals surface area contributed by atoms with Crippen LogP contribution >= 0.6 is 11.6 Å². The van der Waals surface area contributed by atoms with Gasteiger partial charge in [-0.05, 0) is 60.7 Å². The number of aromatic nitrogens is 4. The Hall–Kier alpha value is -5.14. The number of carbonyl (C=O) groups is 3. The van der Waals surface area contributed by atoms with Crippen LogP contribution in [-0.2, 0) is 11.2 Å². The van der Waals surface area contributed by atoms with Crippen molar-refractivity contribution in [1.29, 1.82) is 0 Å². The first-order valence-corrected chi connectivity index (χ1v) is 13.8. The van der Waals surface area contributed by atoms with E-state index >= 15 is 0 Å². The molecule has 1 fully saturated rings. The van der Waals surface area contributed by atoms with Crippen molar-refractivity contribution in [2.24, 2.45) is 0 Å². The Morgan fingerprint density at radius 1 is 1.14 bits per heavy atom. The maximum atomic E-state index is 13.0. The molecular weight excluding hydrogens is 554 g/mol. The van der Waals surface area contributed by atoms with E-state index in [9.17, 15) is 14.4 Å². The van der Waals surface area contributed by atoms with Gasteiger partial charge in [0.25, 0.3) is 11.8 Å². The summed E-state index contributed by atoms with van der Waals surface area (Å²) in [5, 5.41) is 11.4. The highest BCUT2D eigenvalue weighted by Gasteiger charge is 2.37. The molecule has 10 nitrogen and oxygen atoms in total. The SMILES string of the molecule is Cc1ccc(C(=O)NCCCN2C(=O)NC(Cc3c[nH]c4c(Cl)cccc34)C2=O)cc1C#Cc1cnc2cccnn12. The Labute approximate surface area is 246 Å². The third-order valence-electron chi connectivity index (χ3n) is 7.23. The lowest BCUT2D eigenvalue weighted by Crippen LogP contribution is -2.35. The van der Waals surface area contributed by atoms with Crippen LogP contribution in [0.25, 0.3) is 16.6 Å². The van der Waals surface area contributed by atoms with Gasteiger partial charge in [-0.1, -0.05) is 35.7 Å². The number of fused-ring (bicyclic) bond motifs is 2. The summed E-state index contributed by atoms with van der Waals surface area (Å²) >= 11 is 6.24. The molecule has 1 aliphatic heterocycles. The fourth-order valence-electron chi connectivity index (χ4n) is 4.98. The van der Waals surface area contributed by atoms with Crippen LogP contribution in [0.3, 0.4) is 0 Å². The van der Waals surface area contributed by atoms with Gasteiger partial charge in [0.1, 0.15) is 11.7 Å². The number of nitrogens with zero attached hydrogens (tertiary/aromatic N) is 4. The molecule has 0 saturated carbocycles. The van der Waals surface area contributed by atoms with Crippen LogP contribution in [0.5, 0.6) is 0 Å². The Morgan fingerprint density at radius 3 is 2.90 bits per heavy atom. The van der Waals surface area contributed by atoms with E-state index < -0.39 is 12.1 Å². The Morgan fingerprint density at radius 2 is 2.02 bits per heavy atom. The maximum absolute atomic E-state index is 13.0. The lowest BCUT2D eigenvalue weighted by molar-refractivity contribution is -0.127. The molecule has 0 aliphatic carbocycles. The average Bonchev–Trinajstić information content (AvgIpc) is 3.67. The molecule has 6 rings (SSSR count). The lowest BCUT2D eigenvalue weighted by Gasteiger charge is -2.13. The van der Waals surface area contributed by atoms with Gasteiger partial charge in [-0.25, -0.2) is 14.3 Å². The molecule has 1 saturated heterocycles. The smallest absolute Gasteiger partial charge is 0.324 e. The molecule has 0 radical (unpaired) electrons. The minimum Gasteiger partial charge on any atom is -0.360 e. The standard InChI is InChI=1S/C31H26ClN7O3/c1-19-8-9-21(15-20(19)10-11-23-18-34-27-7-3-13-36-39(23)27)29(40)33-12-4-14-38-30(41)26(37-31(38)42)16-22-17-35-28-24(22)5-2-6-25(28)32/h2-3,5-9,13,15,17-18,26,35H,4,12,14,16H2,1H3,(H,33,40)(H,37,42). The number of aryl methyl sites for hydroxylation is 1. The second-order valence-corrected chi connectivity index (χ2v) is 10.4. The molecule has 42 heavy (non-hydrogen) atoms. The van der Waals surface area contributed by atoms with Gasteiger partial charge in [0, 0.05) is 48.4 Å². The number of carbonyl (C=O) groups excluding carboxylic acids is 3. The summed E-state index contributed by atoms with van der Waals surface area (Å²) in [5.41, 5.74) is 5.17. The number of para-hydroxylation sites is 1. The molecule has 0 spiro atoms. The third-order valence-corrected chi connectivity index (χ3v) is 7.54. The van der Waals surface area contributed by atoms with E-state index in [0.29, 0.717) is 41.3 Å². The average molecular weight is 580 g/mol. The van der Waals surface area contributed by atoms with Crippen molar-refractivity contribution in [3.8, 4) is 11.8 Å². The summed E-state index contributed by atoms with van der Waals surface area (Å²) in [5.74, 6) is 5.66. The van der Waals surface area contributed by atoms with Crippen LogP contribution in [0.1, 0.15) is 39.2 Å². The molecule has 0 bridgehead atoms. The molecule has 5 aromatic rings. The van der Waals surface area contributed by atoms with Crippen LogP contribution in [0, 0.1) is 18.8 Å². The normalized spacial score (nSPS) is 14.7. The highest BCUT2D eigenvalue weighted by atomic mass is 35.5. The summed E-state index contributed by atoms with van der Waals surface area (Å²) in [6.45, 7) is 2.42. The van der Waals surface area contributed by atoms with Gasteiger partial charge in [0.05, 0.1) is 16.7 Å². The van der Waals surface area contributed by atoms with E-state index in [1.54, 1.807) is 35.1 Å². The van der Waals surface area contributed by atoms with Crippen molar-refractivity contribution in [3.05, 3.63) is 100 Å². The van der Waals surface area contributed by atoms with Gasteiger partial charge < -0.3 is 15.6 Å². The summed E-state index contributed by atoms with van der Waals surface area (Å²) in [4.78, 5) is 47.0. The topological polar surface area (TPSA) is 124 Å². The predicted molar refractivity (Wildman–Crippen MR) is 158 cm³/mol. The van der Waals surface area contributed by atoms with E-state index in [1.807, 2.05) is 43.5 Å². The lowest BCUT2D eigenvalue weighted by atomic mass is 10.0. The van der Waals surface area contributed by atoms with Crippen LogP contribution in [-0.4, -0.2) is 61.5 Å². The second kappa shape index (κ2) is 11.4. The monoisotopic (exact) mass is 579 g/mol. The van der Waals surface area contributed by atoms with E-state index in [1.165, 1.54) is 4.90 Å². The van der Waals surface area contributed by atoms with Gasteiger partial charge in [-0.3, -0.25) is 14.5 Å². The molecule has 4 amide bonds. The zero-order chi connectivity index (χ0) is 29.2. The summed E-state index contributed by atoms with van der Waals surface area (Å²) in [6, 6.07) is 13.5. The molecular formula is C31H26ClN7O3. The van der Waals surface area contributed by atoms with Gasteiger partial charge >= 0.3 is 6.03 Å². The summed E-state index contributed by atoms with van der Waals surface area (Å²) in [7, 11) is 0. The minimum atomic E-state index is -0.659. The fourth-order valence-corrected chi connectivity index (χ4v) is 5.21. The zero-order valence-electron chi connectivity index (χ0n) is 22.6. The van der Waals surface area contributed by atoms with Crippen molar-refractivity contribution in [2.75, 3.05) is 13.1 Å². The second-order valence-electron chi connectivity index (χ2n) is 10.00. The Bertz CT molecular complexity index is 1920. The summed E-state index contributed by atoms with van der Waals surface area (Å²) < 4.78 is 1.66. The molecule has 210 valence electrons. The number of urea groups is 1. The van der Waals surface area contributed by atoms with Crippen LogP contribution in [0.2, 0.25) is 5.02 Å². The van der Waals surface area contributed by atoms with Crippen molar-refractivity contribution in [2.45, 2.75) is 25.8 Å². The minimum absolute atomic E-state index is 0.194. The third kappa shape index (κ3) is 5.30. The van der Waals surface area contributed by atoms with Crippen LogP contribution in [0.4, 0.5) is 4.79 Å². The van der Waals surface area contributed by atoms with E-state index in [-0.39, 0.29) is 18.4 Å². The maximum Gasteiger partial charge on any atom is 0.324 e. The van der Waals surface area contributed by atoms with Crippen LogP contribution < -0.4 is 10.6 Å². The van der Waals surface area contributed by atoms with Crippen LogP contribution in [0.15, 0.2) is 67.1 Å². The number of rotatable bonds is 7. The predicted octanol–water partition coefficient (Wildman–Crippen LogP) is 3.86. The number of nitrogens with one attached hydrogen (secondary N) is 3. The Kier molecular flexibility index (Phi) is 7.33. The number of imide groups is 1. The molecule has 1 aliphatic rings. The largest absolute Gasteiger partial charge is 0.360 e. The molecule has 3 N–H and O–H groups in total. The van der Waals surface area contributed by atoms with E-state index in [4.69, 9.17) is 11.6 Å². The molecule has 3 aromatic heterocycles. The first-order chi connectivity index (χ1) is 20.4. The highest BCUT2D eigenvalue weighted by Crippen LogP contribution is 2.26. The number of H-pyrrole nitrogens is 1. The van der Waals surface area contributed by atoms with Gasteiger partial charge in [-0.15, -0.1) is 0 Å². The molecule has 4 heterocycles. The highest BCUT2D eigenvalue weighted by molar-refractivity contribution is 6.35. The summed E-state index contributed by atoms with van der Waals surface area (Å²) in [6.07, 6.45) is 5.91. The number of imidazole rings is 1. The van der Waals surface area contributed by atoms with E-state index in [0.717, 1.165) is 27.6 Å². The number of halogens is 1.